The number of ether oxygens (including phenoxy) is 1. The summed E-state index contributed by atoms with van der Waals surface area (Å²) in [6.07, 6.45) is -5.20. The summed E-state index contributed by atoms with van der Waals surface area (Å²) in [5.74, 6) is -2.67. The molecule has 0 bridgehead atoms. The normalized spacial score (nSPS) is 12.8. The fraction of sp³-hybridized carbons (Fsp3) is 0.118. The number of halogens is 3. The summed E-state index contributed by atoms with van der Waals surface area (Å²) < 4.78 is 43.3. The van der Waals surface area contributed by atoms with E-state index in [1.54, 1.807) is 6.07 Å². The molecule has 0 heterocycles. The average molecular weight is 350 g/mol. The number of benzene rings is 2. The number of aliphatic hydroxyl groups excluding tert-OH is 1. The van der Waals surface area contributed by atoms with Crippen molar-refractivity contribution in [1.29, 1.82) is 0 Å². The van der Waals surface area contributed by atoms with Gasteiger partial charge in [0.05, 0.1) is 12.8 Å². The molecule has 0 atom stereocenters. The van der Waals surface area contributed by atoms with Crippen molar-refractivity contribution in [3.8, 4) is 5.75 Å². The SMILES string of the molecule is COc1ccc(N=NC(C(=O)C(F)(F)F)=C(O)c2ccccc2)cc1. The van der Waals surface area contributed by atoms with Crippen LogP contribution in [0.4, 0.5) is 18.9 Å². The Bertz CT molecular complexity index is 798. The summed E-state index contributed by atoms with van der Waals surface area (Å²) in [6, 6.07) is 13.3. The molecular weight excluding hydrogens is 337 g/mol. The molecule has 25 heavy (non-hydrogen) atoms. The predicted octanol–water partition coefficient (Wildman–Crippen LogP) is 4.84. The number of hydrogen-bond acceptors (Lipinski definition) is 5. The number of alkyl halides is 3. The minimum absolute atomic E-state index is 0.0174. The first-order chi connectivity index (χ1) is 11.8. The molecule has 8 heteroatoms. The van der Waals surface area contributed by atoms with Crippen LogP contribution in [-0.2, 0) is 4.79 Å². The van der Waals surface area contributed by atoms with E-state index in [-0.39, 0.29) is 11.3 Å². The smallest absolute Gasteiger partial charge is 0.456 e. The largest absolute Gasteiger partial charge is 0.505 e. The number of nitrogens with zero attached hydrogens (tertiary/aromatic N) is 2. The Hall–Kier alpha value is -3.16. The number of Topliss-reactive ketones (excluding diaryl/α,β-unsaturated/α-hetero) is 1. The van der Waals surface area contributed by atoms with Gasteiger partial charge in [-0.15, -0.1) is 5.11 Å². The Morgan fingerprint density at radius 3 is 2.16 bits per heavy atom. The maximum absolute atomic E-state index is 12.8. The zero-order valence-electron chi connectivity index (χ0n) is 13.0. The number of methoxy groups -OCH3 is 1. The minimum Gasteiger partial charge on any atom is -0.505 e. The Balaban J connectivity index is 2.44. The van der Waals surface area contributed by atoms with Gasteiger partial charge in [-0.2, -0.15) is 18.3 Å². The highest BCUT2D eigenvalue weighted by Gasteiger charge is 2.43. The summed E-state index contributed by atoms with van der Waals surface area (Å²) in [4.78, 5) is 11.6. The van der Waals surface area contributed by atoms with Crippen LogP contribution >= 0.6 is 0 Å². The first-order valence-electron chi connectivity index (χ1n) is 6.99. The topological polar surface area (TPSA) is 71.2 Å². The molecule has 0 aliphatic heterocycles. The van der Waals surface area contributed by atoms with Gasteiger partial charge >= 0.3 is 6.18 Å². The zero-order chi connectivity index (χ0) is 18.4. The van der Waals surface area contributed by atoms with Gasteiger partial charge in [0, 0.05) is 5.56 Å². The van der Waals surface area contributed by atoms with Crippen LogP contribution in [0.25, 0.3) is 5.76 Å². The fourth-order valence-electron chi connectivity index (χ4n) is 1.82. The molecule has 0 unspecified atom stereocenters. The summed E-state index contributed by atoms with van der Waals surface area (Å²) in [5, 5.41) is 17.0. The van der Waals surface area contributed by atoms with E-state index in [1.165, 1.54) is 55.6 Å². The van der Waals surface area contributed by atoms with Crippen molar-refractivity contribution >= 4 is 17.2 Å². The van der Waals surface area contributed by atoms with E-state index in [9.17, 15) is 23.1 Å². The van der Waals surface area contributed by atoms with Crippen LogP contribution in [0.3, 0.4) is 0 Å². The number of carbonyl (C=O) groups is 1. The van der Waals surface area contributed by atoms with Gasteiger partial charge in [-0.3, -0.25) is 4.79 Å². The van der Waals surface area contributed by atoms with Gasteiger partial charge in [0.2, 0.25) is 0 Å². The fourth-order valence-corrected chi connectivity index (χ4v) is 1.82. The third-order valence-electron chi connectivity index (χ3n) is 3.08. The molecular formula is C17H13F3N2O3. The van der Waals surface area contributed by atoms with Crippen molar-refractivity contribution in [2.24, 2.45) is 10.2 Å². The van der Waals surface area contributed by atoms with E-state index < -0.39 is 23.4 Å². The van der Waals surface area contributed by atoms with Gasteiger partial charge in [-0.25, -0.2) is 0 Å². The van der Waals surface area contributed by atoms with E-state index in [4.69, 9.17) is 4.74 Å². The average Bonchev–Trinajstić information content (AvgIpc) is 2.62. The third kappa shape index (κ3) is 4.66. The van der Waals surface area contributed by atoms with E-state index >= 15 is 0 Å². The number of azo groups is 1. The predicted molar refractivity (Wildman–Crippen MR) is 84.6 cm³/mol. The van der Waals surface area contributed by atoms with Gasteiger partial charge < -0.3 is 9.84 Å². The molecule has 0 fully saturated rings. The van der Waals surface area contributed by atoms with Gasteiger partial charge in [0.1, 0.15) is 5.75 Å². The quantitative estimate of drug-likeness (QED) is 0.477. The highest BCUT2D eigenvalue weighted by molar-refractivity contribution is 6.04. The van der Waals surface area contributed by atoms with Gasteiger partial charge in [-0.05, 0) is 24.3 Å². The standard InChI is InChI=1S/C17H13F3N2O3/c1-25-13-9-7-12(8-10-13)21-22-14(16(24)17(18,19)20)15(23)11-5-3-2-4-6-11/h2-10,23H,1H3. The van der Waals surface area contributed by atoms with Crippen molar-refractivity contribution < 1.29 is 27.8 Å². The molecule has 0 saturated heterocycles. The van der Waals surface area contributed by atoms with Crippen molar-refractivity contribution in [3.05, 3.63) is 65.9 Å². The van der Waals surface area contributed by atoms with E-state index in [2.05, 4.69) is 10.2 Å². The summed E-state index contributed by atoms with van der Waals surface area (Å²) in [5.41, 5.74) is -0.979. The third-order valence-corrected chi connectivity index (χ3v) is 3.08. The molecule has 2 rings (SSSR count). The lowest BCUT2D eigenvalue weighted by molar-refractivity contribution is -0.166. The molecule has 0 spiro atoms. The molecule has 0 aromatic heterocycles. The van der Waals surface area contributed by atoms with Crippen LogP contribution in [0.5, 0.6) is 5.75 Å². The second-order valence-electron chi connectivity index (χ2n) is 4.79. The Labute approximate surface area is 141 Å². The molecule has 1 N–H and O–H groups in total. The first kappa shape index (κ1) is 18.2. The van der Waals surface area contributed by atoms with Crippen molar-refractivity contribution in [2.75, 3.05) is 7.11 Å². The van der Waals surface area contributed by atoms with Crippen LogP contribution in [0.2, 0.25) is 0 Å². The summed E-state index contributed by atoms with van der Waals surface area (Å²) >= 11 is 0. The Morgan fingerprint density at radius 2 is 1.64 bits per heavy atom. The molecule has 0 amide bonds. The van der Waals surface area contributed by atoms with Gasteiger partial charge in [0.25, 0.3) is 5.78 Å². The van der Waals surface area contributed by atoms with E-state index in [0.29, 0.717) is 5.75 Å². The lowest BCUT2D eigenvalue weighted by Gasteiger charge is -2.08. The van der Waals surface area contributed by atoms with Crippen molar-refractivity contribution in [2.45, 2.75) is 6.18 Å². The van der Waals surface area contributed by atoms with Crippen molar-refractivity contribution in [3.63, 3.8) is 0 Å². The number of allylic oxidation sites excluding steroid dienone is 1. The number of carbonyl (C=O) groups excluding carboxylic acids is 1. The summed E-state index contributed by atoms with van der Waals surface area (Å²) in [7, 11) is 1.46. The number of ketones is 1. The van der Waals surface area contributed by atoms with Gasteiger partial charge in [0.15, 0.2) is 11.5 Å². The summed E-state index contributed by atoms with van der Waals surface area (Å²) in [6.45, 7) is 0. The maximum Gasteiger partial charge on any atom is 0.456 e. The maximum atomic E-state index is 12.8. The number of aliphatic hydroxyl groups is 1. The monoisotopic (exact) mass is 350 g/mol. The highest BCUT2D eigenvalue weighted by atomic mass is 19.4. The van der Waals surface area contributed by atoms with Crippen LogP contribution in [0.15, 0.2) is 70.5 Å². The second-order valence-corrected chi connectivity index (χ2v) is 4.79. The van der Waals surface area contributed by atoms with Crippen LogP contribution in [0, 0.1) is 0 Å². The Morgan fingerprint density at radius 1 is 1.04 bits per heavy atom. The molecule has 0 aliphatic carbocycles. The molecule has 0 saturated carbocycles. The molecule has 0 radical (unpaired) electrons. The Kier molecular flexibility index (Phi) is 5.53. The minimum atomic E-state index is -5.20. The lowest BCUT2D eigenvalue weighted by Crippen LogP contribution is -2.24. The molecule has 130 valence electrons. The van der Waals surface area contributed by atoms with E-state index in [1.807, 2.05) is 0 Å². The second kappa shape index (κ2) is 7.61. The molecule has 2 aromatic rings. The molecule has 2 aromatic carbocycles. The number of hydrogen-bond donors (Lipinski definition) is 1. The molecule has 5 nitrogen and oxygen atoms in total. The van der Waals surface area contributed by atoms with Crippen molar-refractivity contribution in [1.82, 2.24) is 0 Å². The zero-order valence-corrected chi connectivity index (χ0v) is 13.0. The lowest BCUT2D eigenvalue weighted by atomic mass is 10.1. The van der Waals surface area contributed by atoms with Crippen LogP contribution in [-0.4, -0.2) is 24.2 Å². The highest BCUT2D eigenvalue weighted by Crippen LogP contribution is 2.28. The van der Waals surface area contributed by atoms with Gasteiger partial charge in [-0.1, -0.05) is 30.3 Å². The van der Waals surface area contributed by atoms with Crippen LogP contribution in [0.1, 0.15) is 5.56 Å². The number of rotatable bonds is 5. The van der Waals surface area contributed by atoms with E-state index in [0.717, 1.165) is 0 Å². The molecule has 0 aliphatic rings. The van der Waals surface area contributed by atoms with Crippen LogP contribution < -0.4 is 4.74 Å². The first-order valence-corrected chi connectivity index (χ1v) is 6.99.